The lowest BCUT2D eigenvalue weighted by molar-refractivity contribution is -0.130. The van der Waals surface area contributed by atoms with E-state index in [1.807, 2.05) is 4.90 Å². The zero-order valence-corrected chi connectivity index (χ0v) is 9.22. The van der Waals surface area contributed by atoms with Gasteiger partial charge < -0.3 is 4.90 Å². The molecule has 0 saturated carbocycles. The van der Waals surface area contributed by atoms with Gasteiger partial charge >= 0.3 is 0 Å². The van der Waals surface area contributed by atoms with Crippen molar-refractivity contribution in [1.29, 1.82) is 0 Å². The highest BCUT2D eigenvalue weighted by Gasteiger charge is 2.20. The van der Waals surface area contributed by atoms with Crippen molar-refractivity contribution in [2.45, 2.75) is 32.6 Å². The Kier molecular flexibility index (Phi) is 4.64. The van der Waals surface area contributed by atoms with Gasteiger partial charge in [-0.3, -0.25) is 4.79 Å². The topological polar surface area (TPSA) is 20.3 Å². The number of thiol groups is 1. The molecule has 1 unspecified atom stereocenters. The summed E-state index contributed by atoms with van der Waals surface area (Å²) in [5.41, 5.74) is 0. The minimum atomic E-state index is 0.324. The van der Waals surface area contributed by atoms with E-state index in [1.54, 1.807) is 0 Å². The van der Waals surface area contributed by atoms with Crippen LogP contribution in [0.5, 0.6) is 0 Å². The predicted octanol–water partition coefficient (Wildman–Crippen LogP) is 1.95. The van der Waals surface area contributed by atoms with Gasteiger partial charge in [0.25, 0.3) is 0 Å². The molecule has 76 valence electrons. The van der Waals surface area contributed by atoms with Crippen LogP contribution in [-0.2, 0) is 4.79 Å². The molecule has 0 aromatic carbocycles. The molecule has 13 heavy (non-hydrogen) atoms. The van der Waals surface area contributed by atoms with Gasteiger partial charge in [-0.2, -0.15) is 12.6 Å². The van der Waals surface area contributed by atoms with E-state index in [1.165, 1.54) is 12.8 Å². The maximum atomic E-state index is 11.6. The Morgan fingerprint density at radius 2 is 2.31 bits per heavy atom. The Labute approximate surface area is 86.1 Å². The van der Waals surface area contributed by atoms with Crippen LogP contribution in [0.25, 0.3) is 0 Å². The average Bonchev–Trinajstić information content (AvgIpc) is 2.31. The lowest BCUT2D eigenvalue weighted by atomic mass is 9.98. The fraction of sp³-hybridized carbons (Fsp3) is 0.900. The highest BCUT2D eigenvalue weighted by atomic mass is 32.1. The Morgan fingerprint density at radius 1 is 1.54 bits per heavy atom. The summed E-state index contributed by atoms with van der Waals surface area (Å²) in [6.07, 6.45) is 4.21. The molecule has 1 saturated heterocycles. The fourth-order valence-electron chi connectivity index (χ4n) is 1.86. The molecule has 3 heteroatoms. The van der Waals surface area contributed by atoms with Crippen LogP contribution in [0, 0.1) is 5.92 Å². The molecule has 0 radical (unpaired) electrons. The number of hydrogen-bond acceptors (Lipinski definition) is 2. The third-order valence-electron chi connectivity index (χ3n) is 2.87. The van der Waals surface area contributed by atoms with E-state index in [2.05, 4.69) is 19.6 Å². The molecule has 1 fully saturated rings. The summed E-state index contributed by atoms with van der Waals surface area (Å²) in [6, 6.07) is 0. The van der Waals surface area contributed by atoms with Crippen LogP contribution < -0.4 is 0 Å². The molecule has 1 atom stereocenters. The largest absolute Gasteiger partial charge is 0.342 e. The fourth-order valence-corrected chi connectivity index (χ4v) is 2.10. The van der Waals surface area contributed by atoms with E-state index in [9.17, 15) is 4.79 Å². The highest BCUT2D eigenvalue weighted by Crippen LogP contribution is 2.20. The first kappa shape index (κ1) is 10.9. The Hall–Kier alpha value is -0.180. The van der Waals surface area contributed by atoms with Gasteiger partial charge in [0.05, 0.1) is 0 Å². The lowest BCUT2D eigenvalue weighted by Gasteiger charge is -2.19. The molecule has 0 aromatic rings. The Morgan fingerprint density at radius 3 is 2.92 bits per heavy atom. The average molecular weight is 201 g/mol. The second kappa shape index (κ2) is 5.53. The van der Waals surface area contributed by atoms with Crippen molar-refractivity contribution in [2.75, 3.05) is 18.8 Å². The highest BCUT2D eigenvalue weighted by molar-refractivity contribution is 7.80. The third-order valence-corrected chi connectivity index (χ3v) is 3.07. The first-order valence-corrected chi connectivity index (χ1v) is 5.79. The second-order valence-corrected chi connectivity index (χ2v) is 4.15. The predicted molar refractivity (Wildman–Crippen MR) is 58.1 cm³/mol. The maximum absolute atomic E-state index is 11.6. The molecule has 2 nitrogen and oxygen atoms in total. The lowest BCUT2D eigenvalue weighted by Crippen LogP contribution is -2.32. The molecule has 1 amide bonds. The maximum Gasteiger partial charge on any atom is 0.222 e. The van der Waals surface area contributed by atoms with Gasteiger partial charge in [0.15, 0.2) is 0 Å². The molecular weight excluding hydrogens is 182 g/mol. The van der Waals surface area contributed by atoms with E-state index in [0.717, 1.165) is 37.6 Å². The summed E-state index contributed by atoms with van der Waals surface area (Å²) >= 11 is 4.16. The molecule has 0 N–H and O–H groups in total. The van der Waals surface area contributed by atoms with Gasteiger partial charge in [-0.1, -0.05) is 13.3 Å². The smallest absolute Gasteiger partial charge is 0.222 e. The van der Waals surface area contributed by atoms with Crippen LogP contribution in [0.3, 0.4) is 0 Å². The van der Waals surface area contributed by atoms with Gasteiger partial charge in [0, 0.05) is 25.3 Å². The van der Waals surface area contributed by atoms with Crippen molar-refractivity contribution in [1.82, 2.24) is 4.90 Å². The molecule has 1 aliphatic heterocycles. The number of amides is 1. The summed E-state index contributed by atoms with van der Waals surface area (Å²) in [4.78, 5) is 13.5. The van der Waals surface area contributed by atoms with Crippen LogP contribution >= 0.6 is 12.6 Å². The monoisotopic (exact) mass is 201 g/mol. The van der Waals surface area contributed by atoms with E-state index in [4.69, 9.17) is 0 Å². The summed E-state index contributed by atoms with van der Waals surface area (Å²) in [5.74, 6) is 1.86. The van der Waals surface area contributed by atoms with Crippen molar-refractivity contribution in [2.24, 2.45) is 5.92 Å². The Balaban J connectivity index is 2.44. The second-order valence-electron chi connectivity index (χ2n) is 3.71. The van der Waals surface area contributed by atoms with Crippen LogP contribution in [0.2, 0.25) is 0 Å². The van der Waals surface area contributed by atoms with Gasteiger partial charge in [-0.05, 0) is 18.8 Å². The van der Waals surface area contributed by atoms with Crippen molar-refractivity contribution < 1.29 is 4.79 Å². The quantitative estimate of drug-likeness (QED) is 0.692. The minimum Gasteiger partial charge on any atom is -0.342 e. The summed E-state index contributed by atoms with van der Waals surface area (Å²) in [7, 11) is 0. The van der Waals surface area contributed by atoms with Gasteiger partial charge in [0.2, 0.25) is 5.91 Å². The zero-order chi connectivity index (χ0) is 9.68. The first-order chi connectivity index (χ1) is 6.27. The molecule has 0 spiro atoms. The van der Waals surface area contributed by atoms with Crippen LogP contribution in [-0.4, -0.2) is 29.6 Å². The van der Waals surface area contributed by atoms with Crippen LogP contribution in [0.1, 0.15) is 32.6 Å². The van der Waals surface area contributed by atoms with Crippen LogP contribution in [0.15, 0.2) is 0 Å². The number of hydrogen-bond donors (Lipinski definition) is 1. The standard InChI is InChI=1S/C10H19NOS/c1-2-9-3-4-10(12)11(6-5-9)7-8-13/h9,13H,2-8H2,1H3. The number of carbonyl (C=O) groups is 1. The van der Waals surface area contributed by atoms with Gasteiger partial charge in [-0.25, -0.2) is 0 Å². The summed E-state index contributed by atoms with van der Waals surface area (Å²) in [6.45, 7) is 3.97. The number of carbonyl (C=O) groups excluding carboxylic acids is 1. The molecular formula is C10H19NOS. The zero-order valence-electron chi connectivity index (χ0n) is 8.33. The van der Waals surface area contributed by atoms with E-state index < -0.39 is 0 Å². The van der Waals surface area contributed by atoms with Crippen molar-refractivity contribution in [3.63, 3.8) is 0 Å². The summed E-state index contributed by atoms with van der Waals surface area (Å²) < 4.78 is 0. The Bertz CT molecular complexity index is 172. The number of rotatable bonds is 3. The normalized spacial score (nSPS) is 24.6. The molecule has 0 bridgehead atoms. The van der Waals surface area contributed by atoms with E-state index >= 15 is 0 Å². The molecule has 1 rings (SSSR count). The van der Waals surface area contributed by atoms with E-state index in [-0.39, 0.29) is 0 Å². The van der Waals surface area contributed by atoms with E-state index in [0.29, 0.717) is 5.91 Å². The summed E-state index contributed by atoms with van der Waals surface area (Å²) in [5, 5.41) is 0. The molecule has 0 aromatic heterocycles. The SMILES string of the molecule is CCC1CCC(=O)N(CCS)CC1. The number of nitrogens with zero attached hydrogens (tertiary/aromatic N) is 1. The third kappa shape index (κ3) is 3.22. The van der Waals surface area contributed by atoms with Crippen molar-refractivity contribution in [3.05, 3.63) is 0 Å². The van der Waals surface area contributed by atoms with Crippen LogP contribution in [0.4, 0.5) is 0 Å². The molecule has 1 heterocycles. The van der Waals surface area contributed by atoms with Gasteiger partial charge in [-0.15, -0.1) is 0 Å². The van der Waals surface area contributed by atoms with Crippen molar-refractivity contribution >= 4 is 18.5 Å². The van der Waals surface area contributed by atoms with Crippen molar-refractivity contribution in [3.8, 4) is 0 Å². The number of likely N-dealkylation sites (tertiary alicyclic amines) is 1. The molecule has 0 aliphatic carbocycles. The first-order valence-electron chi connectivity index (χ1n) is 5.16. The molecule has 1 aliphatic rings. The van der Waals surface area contributed by atoms with Gasteiger partial charge in [0.1, 0.15) is 0 Å². The minimum absolute atomic E-state index is 0.324.